The normalized spacial score (nSPS) is 10.7. The van der Waals surface area contributed by atoms with Gasteiger partial charge in [0.15, 0.2) is 0 Å². The molecule has 0 radical (unpaired) electrons. The van der Waals surface area contributed by atoms with Crippen molar-refractivity contribution in [2.75, 3.05) is 27.3 Å². The first-order valence-corrected chi connectivity index (χ1v) is 14.8. The van der Waals surface area contributed by atoms with E-state index in [-0.39, 0.29) is 11.9 Å². The van der Waals surface area contributed by atoms with E-state index in [1.165, 1.54) is 14.2 Å². The van der Waals surface area contributed by atoms with E-state index in [0.717, 1.165) is 65.9 Å². The molecule has 0 aliphatic carbocycles. The van der Waals surface area contributed by atoms with Gasteiger partial charge < -0.3 is 14.2 Å². The Labute approximate surface area is 259 Å². The Morgan fingerprint density at radius 1 is 0.750 bits per heavy atom. The number of unbranched alkanes of at least 4 members (excludes halogenated alkanes) is 1. The van der Waals surface area contributed by atoms with Crippen LogP contribution in [0.4, 0.5) is 0 Å². The maximum Gasteiger partial charge on any atom is 0.337 e. The minimum absolute atomic E-state index is 0.190. The molecule has 0 N–H and O–H groups in total. The van der Waals surface area contributed by atoms with Crippen molar-refractivity contribution in [2.45, 2.75) is 38.8 Å². The quantitative estimate of drug-likeness (QED) is 0.109. The first-order chi connectivity index (χ1) is 21.5. The molecule has 7 heteroatoms. The number of carbonyl (C=O) groups is 2. The van der Waals surface area contributed by atoms with Gasteiger partial charge >= 0.3 is 11.9 Å². The molecular formula is C37H38N2O5. The number of carbonyl (C=O) groups excluding carboxylic acids is 2. The number of nitrogens with zero attached hydrogens (tertiary/aromatic N) is 2. The van der Waals surface area contributed by atoms with Crippen molar-refractivity contribution < 1.29 is 23.8 Å². The van der Waals surface area contributed by atoms with Gasteiger partial charge in [-0.15, -0.1) is 0 Å². The van der Waals surface area contributed by atoms with Crippen LogP contribution in [0.2, 0.25) is 0 Å². The number of methoxy groups -OCH3 is 2. The van der Waals surface area contributed by atoms with Crippen LogP contribution in [-0.2, 0) is 33.8 Å². The Bertz CT molecular complexity index is 1540. The molecule has 7 nitrogen and oxygen atoms in total. The second-order valence-corrected chi connectivity index (χ2v) is 10.5. The molecule has 0 unspecified atom stereocenters. The first kappa shape index (κ1) is 32.0. The summed E-state index contributed by atoms with van der Waals surface area (Å²) < 4.78 is 15.9. The molecule has 0 fully saturated rings. The number of benzene rings is 4. The Morgan fingerprint density at radius 3 is 2.07 bits per heavy atom. The molecule has 0 heterocycles. The van der Waals surface area contributed by atoms with Crippen LogP contribution in [0.25, 0.3) is 11.1 Å². The lowest BCUT2D eigenvalue weighted by molar-refractivity contribution is -0.140. The molecule has 0 atom stereocenters. The zero-order valence-corrected chi connectivity index (χ0v) is 25.3. The predicted molar refractivity (Wildman–Crippen MR) is 170 cm³/mol. The summed E-state index contributed by atoms with van der Waals surface area (Å²) in [5, 5.41) is 9.03. The summed E-state index contributed by atoms with van der Waals surface area (Å²) in [6.07, 6.45) is 2.83. The second kappa shape index (κ2) is 16.6. The maximum absolute atomic E-state index is 11.8. The minimum atomic E-state index is -0.352. The predicted octanol–water partition coefficient (Wildman–Crippen LogP) is 6.98. The van der Waals surface area contributed by atoms with Crippen LogP contribution in [0.1, 0.15) is 51.9 Å². The highest BCUT2D eigenvalue weighted by atomic mass is 16.5. The van der Waals surface area contributed by atoms with Gasteiger partial charge in [-0.05, 0) is 84.0 Å². The summed E-state index contributed by atoms with van der Waals surface area (Å²) in [4.78, 5) is 25.8. The van der Waals surface area contributed by atoms with Gasteiger partial charge in [-0.1, -0.05) is 66.7 Å². The van der Waals surface area contributed by atoms with Gasteiger partial charge in [0.05, 0.1) is 31.4 Å². The zero-order valence-electron chi connectivity index (χ0n) is 25.3. The van der Waals surface area contributed by atoms with E-state index in [1.54, 1.807) is 12.1 Å². The highest BCUT2D eigenvalue weighted by Gasteiger charge is 2.12. The van der Waals surface area contributed by atoms with Crippen molar-refractivity contribution in [3.63, 3.8) is 0 Å². The van der Waals surface area contributed by atoms with Crippen molar-refractivity contribution in [3.05, 3.63) is 125 Å². The van der Waals surface area contributed by atoms with E-state index in [0.29, 0.717) is 30.7 Å². The molecule has 0 bridgehead atoms. The SMILES string of the molecule is COC(=O)CCCCN(CCc1ccccc1OCc1ccc(-c2ccc(C#N)cc2)cc1)Cc1ccc(C(=O)OC)cc1. The van der Waals surface area contributed by atoms with Gasteiger partial charge in [-0.2, -0.15) is 5.26 Å². The van der Waals surface area contributed by atoms with Crippen molar-refractivity contribution in [1.82, 2.24) is 4.90 Å². The van der Waals surface area contributed by atoms with E-state index >= 15 is 0 Å². The fourth-order valence-corrected chi connectivity index (χ4v) is 4.92. The molecule has 44 heavy (non-hydrogen) atoms. The number of esters is 2. The summed E-state index contributed by atoms with van der Waals surface area (Å²) in [6.45, 7) is 2.80. The lowest BCUT2D eigenvalue weighted by Gasteiger charge is -2.23. The number of ether oxygens (including phenoxy) is 3. The number of nitriles is 1. The third kappa shape index (κ3) is 9.55. The van der Waals surface area contributed by atoms with Gasteiger partial charge in [0.1, 0.15) is 12.4 Å². The zero-order chi connectivity index (χ0) is 31.1. The molecule has 0 aliphatic heterocycles. The van der Waals surface area contributed by atoms with Crippen LogP contribution in [0.15, 0.2) is 97.1 Å². The van der Waals surface area contributed by atoms with Crippen LogP contribution in [0.3, 0.4) is 0 Å². The molecule has 0 saturated heterocycles. The molecule has 4 rings (SSSR count). The van der Waals surface area contributed by atoms with Crippen LogP contribution in [0.5, 0.6) is 5.75 Å². The molecule has 0 aromatic heterocycles. The fourth-order valence-electron chi connectivity index (χ4n) is 4.92. The third-order valence-corrected chi connectivity index (χ3v) is 7.48. The Morgan fingerprint density at radius 2 is 1.41 bits per heavy atom. The topological polar surface area (TPSA) is 88.9 Å². The summed E-state index contributed by atoms with van der Waals surface area (Å²) in [7, 11) is 2.79. The van der Waals surface area contributed by atoms with Gasteiger partial charge in [-0.25, -0.2) is 4.79 Å². The van der Waals surface area contributed by atoms with Crippen LogP contribution in [0, 0.1) is 11.3 Å². The lowest BCUT2D eigenvalue weighted by atomic mass is 10.0. The molecule has 4 aromatic rings. The minimum Gasteiger partial charge on any atom is -0.489 e. The summed E-state index contributed by atoms with van der Waals surface area (Å²) in [5.74, 6) is 0.316. The largest absolute Gasteiger partial charge is 0.489 e. The smallest absolute Gasteiger partial charge is 0.337 e. The summed E-state index contributed by atoms with van der Waals surface area (Å²) in [5.41, 5.74) is 6.62. The lowest BCUT2D eigenvalue weighted by Crippen LogP contribution is -2.27. The summed E-state index contributed by atoms with van der Waals surface area (Å²) >= 11 is 0. The van der Waals surface area contributed by atoms with Crippen LogP contribution in [-0.4, -0.2) is 44.1 Å². The highest BCUT2D eigenvalue weighted by molar-refractivity contribution is 5.89. The van der Waals surface area contributed by atoms with E-state index in [2.05, 4.69) is 41.3 Å². The Hall–Kier alpha value is -4.93. The van der Waals surface area contributed by atoms with Crippen molar-refractivity contribution in [3.8, 4) is 22.9 Å². The molecule has 4 aromatic carbocycles. The Kier molecular flexibility index (Phi) is 12.1. The fraction of sp³-hybridized carbons (Fsp3) is 0.270. The van der Waals surface area contributed by atoms with E-state index in [1.807, 2.05) is 54.6 Å². The molecule has 226 valence electrons. The number of hydrogen-bond acceptors (Lipinski definition) is 7. The van der Waals surface area contributed by atoms with E-state index in [4.69, 9.17) is 19.5 Å². The van der Waals surface area contributed by atoms with Gasteiger partial charge in [0.2, 0.25) is 0 Å². The second-order valence-electron chi connectivity index (χ2n) is 10.5. The number of para-hydroxylation sites is 1. The molecule has 0 spiro atoms. The van der Waals surface area contributed by atoms with Crippen LogP contribution >= 0.6 is 0 Å². The average Bonchev–Trinajstić information content (AvgIpc) is 3.08. The van der Waals surface area contributed by atoms with Crippen molar-refractivity contribution >= 4 is 11.9 Å². The third-order valence-electron chi connectivity index (χ3n) is 7.48. The van der Waals surface area contributed by atoms with Gasteiger partial charge in [-0.3, -0.25) is 9.69 Å². The maximum atomic E-state index is 11.8. The van der Waals surface area contributed by atoms with Gasteiger partial charge in [0, 0.05) is 19.5 Å². The average molecular weight is 591 g/mol. The highest BCUT2D eigenvalue weighted by Crippen LogP contribution is 2.23. The monoisotopic (exact) mass is 590 g/mol. The standard InChI is InChI=1S/C37H38N2O5/c1-42-36(40)9-5-6-23-39(26-29-12-20-34(21-13-29)37(41)43-2)24-22-33-7-3-4-8-35(33)44-27-30-14-18-32(19-15-30)31-16-10-28(25-38)11-17-31/h3-4,7-8,10-21H,5-6,9,22-24,26-27H2,1-2H3. The van der Waals surface area contributed by atoms with Gasteiger partial charge in [0.25, 0.3) is 0 Å². The van der Waals surface area contributed by atoms with Crippen molar-refractivity contribution in [1.29, 1.82) is 5.26 Å². The van der Waals surface area contributed by atoms with E-state index < -0.39 is 0 Å². The molecule has 0 aliphatic rings. The molecule has 0 amide bonds. The first-order valence-electron chi connectivity index (χ1n) is 14.8. The molecule has 0 saturated carbocycles. The van der Waals surface area contributed by atoms with Crippen molar-refractivity contribution in [2.24, 2.45) is 0 Å². The molecular weight excluding hydrogens is 552 g/mol. The number of rotatable bonds is 15. The number of hydrogen-bond donors (Lipinski definition) is 0. The Balaban J connectivity index is 1.37. The van der Waals surface area contributed by atoms with E-state index in [9.17, 15) is 9.59 Å². The van der Waals surface area contributed by atoms with Crippen LogP contribution < -0.4 is 4.74 Å². The summed E-state index contributed by atoms with van der Waals surface area (Å²) in [6, 6.07) is 33.6.